The standard InChI is InChI=1S/C8H17ClO2Si/c1-8(2,3)11-7(10)6-12(4,5)9/h6H2,1-5H3. The van der Waals surface area contributed by atoms with Crippen molar-refractivity contribution in [3.8, 4) is 0 Å². The molecule has 0 aromatic carbocycles. The van der Waals surface area contributed by atoms with E-state index in [0.717, 1.165) is 0 Å². The van der Waals surface area contributed by atoms with Gasteiger partial charge in [0.2, 0.25) is 0 Å². The van der Waals surface area contributed by atoms with E-state index < -0.39 is 13.0 Å². The zero-order chi connectivity index (χ0) is 9.99. The van der Waals surface area contributed by atoms with Crippen LogP contribution < -0.4 is 0 Å². The molecule has 4 heteroatoms. The molecule has 0 aliphatic heterocycles. The molecule has 0 aliphatic carbocycles. The van der Waals surface area contributed by atoms with Gasteiger partial charge in [0, 0.05) is 0 Å². The normalized spacial score (nSPS) is 12.8. The maximum Gasteiger partial charge on any atom is 0.304 e. The van der Waals surface area contributed by atoms with Gasteiger partial charge in [0.15, 0.2) is 7.38 Å². The molecule has 0 saturated carbocycles. The van der Waals surface area contributed by atoms with Crippen LogP contribution in [0.1, 0.15) is 20.8 Å². The highest BCUT2D eigenvalue weighted by atomic mass is 35.6. The van der Waals surface area contributed by atoms with Crippen LogP contribution in [-0.2, 0) is 9.53 Å². The molecule has 0 N–H and O–H groups in total. The van der Waals surface area contributed by atoms with Crippen molar-refractivity contribution in [2.75, 3.05) is 0 Å². The molecule has 0 rings (SSSR count). The Balaban J connectivity index is 3.92. The lowest BCUT2D eigenvalue weighted by Gasteiger charge is -2.21. The van der Waals surface area contributed by atoms with Gasteiger partial charge in [-0.2, -0.15) is 11.1 Å². The number of hydrogen-bond acceptors (Lipinski definition) is 2. The summed E-state index contributed by atoms with van der Waals surface area (Å²) in [5, 5.41) is 0. The molecular formula is C8H17ClO2Si. The second-order valence-electron chi connectivity index (χ2n) is 4.48. The highest BCUT2D eigenvalue weighted by molar-refractivity contribution is 7.20. The molecule has 0 fully saturated rings. The van der Waals surface area contributed by atoms with E-state index in [1.165, 1.54) is 0 Å². The number of halogens is 1. The summed E-state index contributed by atoms with van der Waals surface area (Å²) in [7, 11) is -1.82. The fraction of sp³-hybridized carbons (Fsp3) is 0.875. The molecule has 0 atom stereocenters. The first-order valence-corrected chi connectivity index (χ1v) is 8.23. The van der Waals surface area contributed by atoms with Crippen molar-refractivity contribution < 1.29 is 9.53 Å². The molecule has 2 nitrogen and oxygen atoms in total. The van der Waals surface area contributed by atoms with Gasteiger partial charge in [-0.05, 0) is 20.8 Å². The summed E-state index contributed by atoms with van der Waals surface area (Å²) >= 11 is 5.99. The van der Waals surface area contributed by atoms with Gasteiger partial charge in [-0.3, -0.25) is 4.79 Å². The lowest BCUT2D eigenvalue weighted by atomic mass is 10.2. The van der Waals surface area contributed by atoms with Crippen molar-refractivity contribution in [2.24, 2.45) is 0 Å². The van der Waals surface area contributed by atoms with Crippen LogP contribution in [0.5, 0.6) is 0 Å². The highest BCUT2D eigenvalue weighted by Crippen LogP contribution is 2.17. The summed E-state index contributed by atoms with van der Waals surface area (Å²) in [4.78, 5) is 11.2. The number of hydrogen-bond donors (Lipinski definition) is 0. The molecule has 0 unspecified atom stereocenters. The number of esters is 1. The molecule has 0 bridgehead atoms. The topological polar surface area (TPSA) is 26.3 Å². The third-order valence-corrected chi connectivity index (χ3v) is 2.52. The first kappa shape index (κ1) is 12.0. The lowest BCUT2D eigenvalue weighted by Crippen LogP contribution is -2.29. The van der Waals surface area contributed by atoms with Crippen molar-refractivity contribution in [3.63, 3.8) is 0 Å². The third-order valence-electron chi connectivity index (χ3n) is 0.985. The van der Waals surface area contributed by atoms with E-state index in [-0.39, 0.29) is 5.97 Å². The maximum atomic E-state index is 11.2. The van der Waals surface area contributed by atoms with Gasteiger partial charge in [0.05, 0.1) is 6.04 Å². The predicted octanol–water partition coefficient (Wildman–Crippen LogP) is 2.77. The zero-order valence-electron chi connectivity index (χ0n) is 8.40. The van der Waals surface area contributed by atoms with Gasteiger partial charge < -0.3 is 4.74 Å². The molecule has 12 heavy (non-hydrogen) atoms. The Morgan fingerprint density at radius 1 is 1.42 bits per heavy atom. The van der Waals surface area contributed by atoms with E-state index >= 15 is 0 Å². The molecule has 72 valence electrons. The number of ether oxygens (including phenoxy) is 1. The Bertz CT molecular complexity index is 149. The zero-order valence-corrected chi connectivity index (χ0v) is 10.2. The Morgan fingerprint density at radius 3 is 2.08 bits per heavy atom. The maximum absolute atomic E-state index is 11.2. The number of carbonyl (C=O) groups is 1. The second-order valence-corrected chi connectivity index (χ2v) is 11.3. The summed E-state index contributed by atoms with van der Waals surface area (Å²) in [6.07, 6.45) is 0. The Morgan fingerprint density at radius 2 is 1.83 bits per heavy atom. The van der Waals surface area contributed by atoms with Crippen molar-refractivity contribution >= 4 is 24.4 Å². The van der Waals surface area contributed by atoms with Crippen molar-refractivity contribution in [1.29, 1.82) is 0 Å². The van der Waals surface area contributed by atoms with Crippen LogP contribution in [0.15, 0.2) is 0 Å². The molecule has 0 spiro atoms. The minimum Gasteiger partial charge on any atom is -0.460 e. The molecule has 0 saturated heterocycles. The van der Waals surface area contributed by atoms with Gasteiger partial charge in [-0.1, -0.05) is 13.1 Å². The smallest absolute Gasteiger partial charge is 0.304 e. The fourth-order valence-electron chi connectivity index (χ4n) is 0.721. The summed E-state index contributed by atoms with van der Waals surface area (Å²) in [5.74, 6) is -0.186. The van der Waals surface area contributed by atoms with E-state index in [1.54, 1.807) is 0 Å². The molecular weight excluding hydrogens is 192 g/mol. The van der Waals surface area contributed by atoms with Gasteiger partial charge in [0.25, 0.3) is 0 Å². The minimum atomic E-state index is -1.82. The molecule has 0 aromatic rings. The van der Waals surface area contributed by atoms with Crippen LogP contribution in [0.3, 0.4) is 0 Å². The van der Waals surface area contributed by atoms with Crippen LogP contribution in [-0.4, -0.2) is 19.0 Å². The first-order valence-electron chi connectivity index (χ1n) is 4.01. The van der Waals surface area contributed by atoms with E-state index in [1.807, 2.05) is 33.9 Å². The molecule has 0 aromatic heterocycles. The Kier molecular flexibility index (Phi) is 3.78. The summed E-state index contributed by atoms with van der Waals surface area (Å²) in [6.45, 7) is 9.42. The van der Waals surface area contributed by atoms with E-state index in [9.17, 15) is 4.79 Å². The minimum absolute atomic E-state index is 0.186. The lowest BCUT2D eigenvalue weighted by molar-refractivity contribution is -0.151. The molecule has 0 amide bonds. The van der Waals surface area contributed by atoms with Gasteiger partial charge >= 0.3 is 5.97 Å². The predicted molar refractivity (Wildman–Crippen MR) is 54.0 cm³/mol. The van der Waals surface area contributed by atoms with Crippen LogP contribution in [0, 0.1) is 0 Å². The monoisotopic (exact) mass is 208 g/mol. The number of carbonyl (C=O) groups excluding carboxylic acids is 1. The summed E-state index contributed by atoms with van der Waals surface area (Å²) in [5.41, 5.74) is -0.395. The molecule has 0 heterocycles. The Hall–Kier alpha value is -0.0231. The summed E-state index contributed by atoms with van der Waals surface area (Å²) < 4.78 is 5.13. The summed E-state index contributed by atoms with van der Waals surface area (Å²) in [6, 6.07) is 0.381. The molecule has 0 radical (unpaired) electrons. The van der Waals surface area contributed by atoms with Crippen molar-refractivity contribution in [2.45, 2.75) is 45.5 Å². The fourth-order valence-corrected chi connectivity index (χ4v) is 1.81. The van der Waals surface area contributed by atoms with Crippen LogP contribution in [0.25, 0.3) is 0 Å². The van der Waals surface area contributed by atoms with Gasteiger partial charge in [-0.25, -0.2) is 0 Å². The van der Waals surface area contributed by atoms with Crippen LogP contribution in [0.4, 0.5) is 0 Å². The Labute approximate surface area is 80.0 Å². The number of rotatable bonds is 2. The largest absolute Gasteiger partial charge is 0.460 e. The molecule has 0 aliphatic rings. The second kappa shape index (κ2) is 3.79. The third kappa shape index (κ3) is 8.08. The highest BCUT2D eigenvalue weighted by Gasteiger charge is 2.25. The first-order chi connectivity index (χ1) is 5.10. The van der Waals surface area contributed by atoms with E-state index in [2.05, 4.69) is 0 Å². The van der Waals surface area contributed by atoms with Gasteiger partial charge in [0.1, 0.15) is 5.60 Å². The van der Waals surface area contributed by atoms with Crippen molar-refractivity contribution in [1.82, 2.24) is 0 Å². The van der Waals surface area contributed by atoms with Crippen LogP contribution >= 0.6 is 11.1 Å². The van der Waals surface area contributed by atoms with E-state index in [0.29, 0.717) is 6.04 Å². The SMILES string of the molecule is CC(C)(C)OC(=O)C[Si](C)(C)Cl. The van der Waals surface area contributed by atoms with Crippen LogP contribution in [0.2, 0.25) is 19.1 Å². The van der Waals surface area contributed by atoms with E-state index in [4.69, 9.17) is 15.8 Å². The average Bonchev–Trinajstić information content (AvgIpc) is 1.49. The quantitative estimate of drug-likeness (QED) is 0.396. The van der Waals surface area contributed by atoms with Crippen molar-refractivity contribution in [3.05, 3.63) is 0 Å². The van der Waals surface area contributed by atoms with Gasteiger partial charge in [-0.15, -0.1) is 0 Å². The average molecular weight is 209 g/mol.